The van der Waals surface area contributed by atoms with E-state index in [1.54, 1.807) is 40.9 Å². The molecule has 186 valence electrons. The van der Waals surface area contributed by atoms with Crippen molar-refractivity contribution in [2.75, 3.05) is 19.0 Å². The fourth-order valence-corrected chi connectivity index (χ4v) is 7.28. The quantitative estimate of drug-likeness (QED) is 0.130. The van der Waals surface area contributed by atoms with Crippen LogP contribution in [0, 0.1) is 17.9 Å². The van der Waals surface area contributed by atoms with Crippen molar-refractivity contribution in [1.29, 1.82) is 5.26 Å². The highest BCUT2D eigenvalue weighted by Gasteiger charge is 2.32. The van der Waals surface area contributed by atoms with Gasteiger partial charge in [0.15, 0.2) is 5.78 Å². The molecule has 0 unspecified atom stereocenters. The van der Waals surface area contributed by atoms with E-state index in [1.165, 1.54) is 26.1 Å². The zero-order valence-electron chi connectivity index (χ0n) is 21.2. The SMILES string of the molecule is [C-]#[N+]/C(C#N)=C1\C(=C\c2ccc(-c3sc(-c4ccc(N(C)C)cc4)c4ccccc34)s2)C(=O)c2ccccc21. The van der Waals surface area contributed by atoms with E-state index in [-0.39, 0.29) is 11.5 Å². The molecule has 6 rings (SSSR count). The number of carbonyl (C=O) groups excluding carboxylic acids is 1. The molecule has 0 fully saturated rings. The topological polar surface area (TPSA) is 48.5 Å². The molecule has 1 aliphatic carbocycles. The Kier molecular flexibility index (Phi) is 6.21. The summed E-state index contributed by atoms with van der Waals surface area (Å²) in [7, 11) is 4.08. The third-order valence-corrected chi connectivity index (χ3v) is 9.30. The van der Waals surface area contributed by atoms with E-state index in [2.05, 4.69) is 64.3 Å². The Hall–Kier alpha value is -4.75. The fraction of sp³-hybridized carbons (Fsp3) is 0.0606. The van der Waals surface area contributed by atoms with Gasteiger partial charge in [0.05, 0.1) is 17.5 Å². The van der Waals surface area contributed by atoms with Gasteiger partial charge in [-0.05, 0) is 41.5 Å². The minimum Gasteiger partial charge on any atom is -0.378 e. The van der Waals surface area contributed by atoms with Gasteiger partial charge in [0.2, 0.25) is 0 Å². The number of nitrogens with zero attached hydrogens (tertiary/aromatic N) is 3. The van der Waals surface area contributed by atoms with Crippen molar-refractivity contribution in [3.8, 4) is 26.3 Å². The van der Waals surface area contributed by atoms with Gasteiger partial charge in [-0.1, -0.05) is 60.7 Å². The molecule has 0 N–H and O–H groups in total. The first kappa shape index (κ1) is 24.6. The highest BCUT2D eigenvalue weighted by atomic mass is 32.1. The number of nitriles is 1. The van der Waals surface area contributed by atoms with Crippen molar-refractivity contribution in [2.24, 2.45) is 0 Å². The maximum atomic E-state index is 13.3. The second kappa shape index (κ2) is 9.85. The van der Waals surface area contributed by atoms with E-state index in [9.17, 15) is 10.1 Å². The first-order valence-electron chi connectivity index (χ1n) is 12.3. The van der Waals surface area contributed by atoms with Gasteiger partial charge in [-0.2, -0.15) is 0 Å². The van der Waals surface area contributed by atoms with Crippen LogP contribution in [0.3, 0.4) is 0 Å². The molecule has 0 amide bonds. The predicted molar refractivity (Wildman–Crippen MR) is 163 cm³/mol. The summed E-state index contributed by atoms with van der Waals surface area (Å²) >= 11 is 3.37. The molecular formula is C33H21N3OS2. The molecule has 2 heterocycles. The Balaban J connectivity index is 1.44. The minimum atomic E-state index is -0.156. The molecule has 0 spiro atoms. The van der Waals surface area contributed by atoms with Gasteiger partial charge in [0.25, 0.3) is 5.70 Å². The number of Topliss-reactive ketones (excluding diaryl/α,β-unsaturated/α-hetero) is 1. The molecule has 4 nitrogen and oxygen atoms in total. The molecule has 0 atom stereocenters. The van der Waals surface area contributed by atoms with Crippen molar-refractivity contribution >= 4 is 56.6 Å². The number of anilines is 1. The third kappa shape index (κ3) is 4.17. The first-order chi connectivity index (χ1) is 19.0. The maximum Gasteiger partial charge on any atom is 0.270 e. The highest BCUT2D eigenvalue weighted by molar-refractivity contribution is 7.25. The lowest BCUT2D eigenvalue weighted by Gasteiger charge is -2.12. The van der Waals surface area contributed by atoms with E-state index in [1.807, 2.05) is 38.4 Å². The van der Waals surface area contributed by atoms with Crippen LogP contribution in [0.5, 0.6) is 0 Å². The molecular weight excluding hydrogens is 519 g/mol. The highest BCUT2D eigenvalue weighted by Crippen LogP contribution is 2.47. The van der Waals surface area contributed by atoms with Crippen molar-refractivity contribution in [2.45, 2.75) is 0 Å². The average molecular weight is 540 g/mol. The van der Waals surface area contributed by atoms with Gasteiger partial charge in [-0.15, -0.1) is 22.7 Å². The van der Waals surface area contributed by atoms with Gasteiger partial charge >= 0.3 is 0 Å². The predicted octanol–water partition coefficient (Wildman–Crippen LogP) is 8.80. The van der Waals surface area contributed by atoms with Gasteiger partial charge in [-0.25, -0.2) is 10.1 Å². The second-order valence-electron chi connectivity index (χ2n) is 9.33. The molecule has 39 heavy (non-hydrogen) atoms. The number of carbonyl (C=O) groups is 1. The Morgan fingerprint density at radius 2 is 1.54 bits per heavy atom. The molecule has 6 heteroatoms. The van der Waals surface area contributed by atoms with E-state index in [0.29, 0.717) is 22.3 Å². The first-order valence-corrected chi connectivity index (χ1v) is 13.9. The lowest BCUT2D eigenvalue weighted by molar-refractivity contribution is 0.104. The van der Waals surface area contributed by atoms with E-state index >= 15 is 0 Å². The Labute approximate surface area is 234 Å². The normalized spacial score (nSPS) is 14.8. The van der Waals surface area contributed by atoms with Gasteiger partial charge in [-0.3, -0.25) is 4.79 Å². The summed E-state index contributed by atoms with van der Waals surface area (Å²) in [5, 5.41) is 12.0. The number of hydrogen-bond donors (Lipinski definition) is 0. The Morgan fingerprint density at radius 3 is 2.21 bits per heavy atom. The molecule has 1 aliphatic rings. The Morgan fingerprint density at radius 1 is 0.872 bits per heavy atom. The molecule has 3 aromatic carbocycles. The van der Waals surface area contributed by atoms with Gasteiger partial charge < -0.3 is 4.90 Å². The van der Waals surface area contributed by atoms with Crippen LogP contribution in [0.1, 0.15) is 20.8 Å². The van der Waals surface area contributed by atoms with Crippen LogP contribution in [-0.4, -0.2) is 19.9 Å². The van der Waals surface area contributed by atoms with Crippen molar-refractivity contribution in [3.05, 3.63) is 124 Å². The second-order valence-corrected chi connectivity index (χ2v) is 11.5. The van der Waals surface area contributed by atoms with E-state index in [4.69, 9.17) is 6.57 Å². The summed E-state index contributed by atoms with van der Waals surface area (Å²) in [6.45, 7) is 7.51. The van der Waals surface area contributed by atoms with Crippen LogP contribution in [0.4, 0.5) is 5.69 Å². The standard InChI is InChI=1S/C33H21N3OS2/c1-35-28(19-34)30-23-8-4-5-9-24(23)31(37)27(30)18-22-16-17-29(38-22)33-26-11-7-6-10-25(26)32(39-33)20-12-14-21(15-13-20)36(2)3/h4-18H,2-3H3/b27-18-,30-28-. The average Bonchev–Trinajstić information content (AvgIpc) is 3.66. The summed E-state index contributed by atoms with van der Waals surface area (Å²) in [6, 6.07) is 30.3. The molecule has 0 saturated carbocycles. The van der Waals surface area contributed by atoms with Gasteiger partial charge in [0, 0.05) is 61.9 Å². The number of benzene rings is 3. The maximum absolute atomic E-state index is 13.3. The molecule has 0 aliphatic heterocycles. The smallest absolute Gasteiger partial charge is 0.270 e. The fourth-order valence-electron chi connectivity index (χ4n) is 4.93. The molecule has 0 saturated heterocycles. The van der Waals surface area contributed by atoms with Crippen molar-refractivity contribution < 1.29 is 4.79 Å². The van der Waals surface area contributed by atoms with Crippen LogP contribution < -0.4 is 4.90 Å². The summed E-state index contributed by atoms with van der Waals surface area (Å²) in [4.78, 5) is 23.2. The number of allylic oxidation sites excluding steroid dienone is 3. The molecule has 2 aromatic heterocycles. The summed E-state index contributed by atoms with van der Waals surface area (Å²) in [5.74, 6) is -0.156. The van der Waals surface area contributed by atoms with Crippen LogP contribution in [-0.2, 0) is 0 Å². The van der Waals surface area contributed by atoms with Crippen LogP contribution in [0.2, 0.25) is 0 Å². The van der Waals surface area contributed by atoms with Crippen LogP contribution in [0.15, 0.2) is 96.2 Å². The van der Waals surface area contributed by atoms with Crippen molar-refractivity contribution in [3.63, 3.8) is 0 Å². The molecule has 0 bridgehead atoms. The summed E-state index contributed by atoms with van der Waals surface area (Å²) in [5.41, 5.74) is 4.27. The zero-order valence-corrected chi connectivity index (χ0v) is 22.9. The summed E-state index contributed by atoms with van der Waals surface area (Å²) in [6.07, 6.45) is 1.82. The largest absolute Gasteiger partial charge is 0.378 e. The lowest BCUT2D eigenvalue weighted by atomic mass is 10.0. The van der Waals surface area contributed by atoms with E-state index in [0.717, 1.165) is 15.4 Å². The number of thiophene rings is 2. The zero-order chi connectivity index (χ0) is 27.1. The monoisotopic (exact) mass is 539 g/mol. The van der Waals surface area contributed by atoms with Crippen LogP contribution in [0.25, 0.3) is 47.5 Å². The van der Waals surface area contributed by atoms with Crippen molar-refractivity contribution in [1.82, 2.24) is 0 Å². The molecule has 5 aromatic rings. The number of rotatable bonds is 4. The number of fused-ring (bicyclic) bond motifs is 2. The number of ketones is 1. The third-order valence-electron chi connectivity index (χ3n) is 6.81. The van der Waals surface area contributed by atoms with Crippen LogP contribution >= 0.6 is 22.7 Å². The molecule has 0 radical (unpaired) electrons. The van der Waals surface area contributed by atoms with Gasteiger partial charge in [0.1, 0.15) is 0 Å². The Bertz CT molecular complexity index is 1910. The minimum absolute atomic E-state index is 0.0643. The van der Waals surface area contributed by atoms with E-state index < -0.39 is 0 Å². The summed E-state index contributed by atoms with van der Waals surface area (Å²) < 4.78 is 0. The number of hydrogen-bond acceptors (Lipinski definition) is 5. The lowest BCUT2D eigenvalue weighted by Crippen LogP contribution is -2.07.